The standard InChI is InChI=1S/C9H13N5O.C2H6N2O.C2H6/c10-1-2-14-8-5-13-4-7(12-9(13)15)6(8)3-11-14;1-3-2-4-5;1-2/h3,7H,1-2,4-5,10H2,(H,12,15);2,5H,1H3,(H,3,4);1-2H3. The Labute approximate surface area is 130 Å². The average molecular weight is 311 g/mol. The number of carbonyl (C=O) groups excluding carboxylic acids is 1. The Morgan fingerprint density at radius 1 is 1.64 bits per heavy atom. The molecule has 1 atom stereocenters. The molecule has 1 aromatic rings. The van der Waals surface area contributed by atoms with E-state index in [4.69, 9.17) is 10.9 Å². The minimum absolute atomic E-state index is 0.0236. The number of amides is 2. The molecule has 9 heteroatoms. The van der Waals surface area contributed by atoms with Crippen molar-refractivity contribution in [2.24, 2.45) is 10.7 Å². The van der Waals surface area contributed by atoms with Crippen LogP contribution in [-0.2, 0) is 13.1 Å². The van der Waals surface area contributed by atoms with Gasteiger partial charge in [-0.25, -0.2) is 4.79 Å². The van der Waals surface area contributed by atoms with Gasteiger partial charge in [-0.1, -0.05) is 13.8 Å². The van der Waals surface area contributed by atoms with Crippen molar-refractivity contribution < 1.29 is 10.0 Å². The SMILES string of the molecule is CC.CN=CNO.NCCn1ncc2c1CN1CC2NC1=O. The number of nitrogens with zero attached hydrogens (tertiary/aromatic N) is 4. The van der Waals surface area contributed by atoms with Gasteiger partial charge in [-0.2, -0.15) is 5.10 Å². The monoisotopic (exact) mass is 311 g/mol. The van der Waals surface area contributed by atoms with Crippen LogP contribution >= 0.6 is 0 Å². The first-order valence-electron chi connectivity index (χ1n) is 7.31. The number of nitrogens with two attached hydrogens (primary N) is 1. The van der Waals surface area contributed by atoms with Crippen LogP contribution in [0, 0.1) is 0 Å². The summed E-state index contributed by atoms with van der Waals surface area (Å²) < 4.78 is 1.90. The molecule has 2 aliphatic heterocycles. The molecule has 3 rings (SSSR count). The Morgan fingerprint density at radius 2 is 2.36 bits per heavy atom. The van der Waals surface area contributed by atoms with Crippen molar-refractivity contribution in [2.75, 3.05) is 20.1 Å². The third kappa shape index (κ3) is 3.95. The molecule has 1 fully saturated rings. The number of hydrogen-bond acceptors (Lipinski definition) is 5. The van der Waals surface area contributed by atoms with Crippen LogP contribution in [0.2, 0.25) is 0 Å². The van der Waals surface area contributed by atoms with E-state index in [1.54, 1.807) is 12.5 Å². The summed E-state index contributed by atoms with van der Waals surface area (Å²) in [5.74, 6) is 0. The number of hydrogen-bond donors (Lipinski definition) is 4. The van der Waals surface area contributed by atoms with Crippen LogP contribution in [-0.4, -0.2) is 52.4 Å². The van der Waals surface area contributed by atoms with Gasteiger partial charge in [0.05, 0.1) is 31.0 Å². The summed E-state index contributed by atoms with van der Waals surface area (Å²) in [6.07, 6.45) is 3.03. The molecular weight excluding hydrogens is 286 g/mol. The molecule has 1 aromatic heterocycles. The number of rotatable bonds is 3. The molecule has 22 heavy (non-hydrogen) atoms. The first-order valence-corrected chi connectivity index (χ1v) is 7.31. The van der Waals surface area contributed by atoms with Crippen molar-refractivity contribution in [2.45, 2.75) is 33.0 Å². The van der Waals surface area contributed by atoms with E-state index in [1.807, 2.05) is 29.6 Å². The number of nitrogens with one attached hydrogen (secondary N) is 2. The summed E-state index contributed by atoms with van der Waals surface area (Å²) in [5.41, 5.74) is 9.50. The maximum atomic E-state index is 11.5. The van der Waals surface area contributed by atoms with Gasteiger partial charge in [-0.15, -0.1) is 0 Å². The number of hydroxylamine groups is 1. The molecule has 124 valence electrons. The van der Waals surface area contributed by atoms with Crippen LogP contribution in [0.5, 0.6) is 0 Å². The van der Waals surface area contributed by atoms with E-state index >= 15 is 0 Å². The van der Waals surface area contributed by atoms with Crippen LogP contribution < -0.4 is 16.5 Å². The van der Waals surface area contributed by atoms with Gasteiger partial charge in [0.1, 0.15) is 6.34 Å². The average Bonchev–Trinajstić information content (AvgIpc) is 3.07. The van der Waals surface area contributed by atoms with E-state index < -0.39 is 0 Å². The Balaban J connectivity index is 0.000000299. The van der Waals surface area contributed by atoms with E-state index in [-0.39, 0.29) is 12.1 Å². The normalized spacial score (nSPS) is 18.0. The molecule has 0 aliphatic carbocycles. The topological polar surface area (TPSA) is 121 Å². The van der Waals surface area contributed by atoms with Gasteiger partial charge in [0, 0.05) is 25.7 Å². The molecule has 2 aliphatic rings. The van der Waals surface area contributed by atoms with Gasteiger partial charge in [0.15, 0.2) is 0 Å². The van der Waals surface area contributed by atoms with Crippen molar-refractivity contribution >= 4 is 12.4 Å². The molecule has 2 amide bonds. The molecular formula is C13H25N7O2. The molecule has 1 unspecified atom stereocenters. The molecule has 5 N–H and O–H groups in total. The maximum Gasteiger partial charge on any atom is 0.318 e. The molecule has 1 saturated heterocycles. The quantitative estimate of drug-likeness (QED) is 0.358. The second-order valence-corrected chi connectivity index (χ2v) is 4.46. The van der Waals surface area contributed by atoms with Crippen LogP contribution in [0.1, 0.15) is 31.1 Å². The van der Waals surface area contributed by atoms with Crippen molar-refractivity contribution in [3.05, 3.63) is 17.5 Å². The molecule has 0 saturated carbocycles. The second kappa shape index (κ2) is 9.00. The lowest BCUT2D eigenvalue weighted by atomic mass is 10.1. The number of aliphatic imine (C=N–C) groups is 1. The van der Waals surface area contributed by atoms with Crippen molar-refractivity contribution in [3.8, 4) is 0 Å². The van der Waals surface area contributed by atoms with E-state index in [1.165, 1.54) is 6.34 Å². The van der Waals surface area contributed by atoms with Gasteiger partial charge in [-0.3, -0.25) is 20.4 Å². The lowest BCUT2D eigenvalue weighted by Gasteiger charge is -2.21. The number of urea groups is 1. The van der Waals surface area contributed by atoms with E-state index in [0.717, 1.165) is 17.8 Å². The summed E-state index contributed by atoms with van der Waals surface area (Å²) in [4.78, 5) is 16.6. The van der Waals surface area contributed by atoms with E-state index in [0.29, 0.717) is 19.6 Å². The highest BCUT2D eigenvalue weighted by Crippen LogP contribution is 2.30. The Bertz CT molecular complexity index is 501. The van der Waals surface area contributed by atoms with Gasteiger partial charge < -0.3 is 16.0 Å². The zero-order valence-electron chi connectivity index (χ0n) is 13.3. The van der Waals surface area contributed by atoms with Gasteiger partial charge in [0.25, 0.3) is 0 Å². The highest BCUT2D eigenvalue weighted by atomic mass is 16.5. The number of carbonyl (C=O) groups is 1. The Hall–Kier alpha value is -2.13. The van der Waals surface area contributed by atoms with Crippen molar-refractivity contribution in [1.29, 1.82) is 0 Å². The number of fused-ring (bicyclic) bond motifs is 4. The predicted octanol–water partition coefficient (Wildman–Crippen LogP) is 0.0712. The molecule has 2 bridgehead atoms. The summed E-state index contributed by atoms with van der Waals surface area (Å²) in [7, 11) is 1.56. The zero-order valence-corrected chi connectivity index (χ0v) is 13.3. The summed E-state index contributed by atoms with van der Waals surface area (Å²) >= 11 is 0. The fourth-order valence-corrected chi connectivity index (χ4v) is 2.34. The fraction of sp³-hybridized carbons (Fsp3) is 0.615. The lowest BCUT2D eigenvalue weighted by molar-refractivity contribution is 0.213. The summed E-state index contributed by atoms with van der Waals surface area (Å²) in [6.45, 7) is 6.70. The summed E-state index contributed by atoms with van der Waals surface area (Å²) in [6, 6.07) is 0.142. The Morgan fingerprint density at radius 3 is 2.91 bits per heavy atom. The maximum absolute atomic E-state index is 11.5. The van der Waals surface area contributed by atoms with Gasteiger partial charge >= 0.3 is 6.03 Å². The first-order chi connectivity index (χ1) is 10.7. The van der Waals surface area contributed by atoms with Gasteiger partial charge in [0.2, 0.25) is 0 Å². The van der Waals surface area contributed by atoms with Crippen LogP contribution in [0.25, 0.3) is 0 Å². The largest absolute Gasteiger partial charge is 0.329 e. The minimum Gasteiger partial charge on any atom is -0.329 e. The number of aromatic nitrogens is 2. The Kier molecular flexibility index (Phi) is 7.33. The van der Waals surface area contributed by atoms with Crippen LogP contribution in [0.15, 0.2) is 11.2 Å². The smallest absolute Gasteiger partial charge is 0.318 e. The molecule has 0 radical (unpaired) electrons. The molecule has 0 aromatic carbocycles. The summed E-state index contributed by atoms with van der Waals surface area (Å²) in [5, 5.41) is 14.9. The highest BCUT2D eigenvalue weighted by Gasteiger charge is 2.37. The third-order valence-corrected chi connectivity index (χ3v) is 3.21. The lowest BCUT2D eigenvalue weighted by Crippen LogP contribution is -2.29. The predicted molar refractivity (Wildman–Crippen MR) is 83.7 cm³/mol. The van der Waals surface area contributed by atoms with Gasteiger partial charge in [-0.05, 0) is 0 Å². The third-order valence-electron chi connectivity index (χ3n) is 3.21. The molecule has 3 heterocycles. The van der Waals surface area contributed by atoms with Crippen molar-refractivity contribution in [3.63, 3.8) is 0 Å². The minimum atomic E-state index is 0.0236. The fourth-order valence-electron chi connectivity index (χ4n) is 2.34. The second-order valence-electron chi connectivity index (χ2n) is 4.46. The van der Waals surface area contributed by atoms with Crippen molar-refractivity contribution in [1.82, 2.24) is 25.5 Å². The van der Waals surface area contributed by atoms with Crippen LogP contribution in [0.3, 0.4) is 0 Å². The first kappa shape index (κ1) is 17.9. The van der Waals surface area contributed by atoms with E-state index in [9.17, 15) is 4.79 Å². The zero-order chi connectivity index (χ0) is 16.5. The van der Waals surface area contributed by atoms with Crippen LogP contribution in [0.4, 0.5) is 4.79 Å². The molecule has 0 spiro atoms. The highest BCUT2D eigenvalue weighted by molar-refractivity contribution is 5.78. The van der Waals surface area contributed by atoms with E-state index in [2.05, 4.69) is 15.4 Å². The molecule has 9 nitrogen and oxygen atoms in total.